The van der Waals surface area contributed by atoms with Gasteiger partial charge in [-0.15, -0.1) is 0 Å². The third-order valence-electron chi connectivity index (χ3n) is 3.81. The molecule has 0 aliphatic carbocycles. The van der Waals surface area contributed by atoms with Crippen molar-refractivity contribution >= 4 is 17.4 Å². The predicted octanol–water partition coefficient (Wildman–Crippen LogP) is 4.63. The van der Waals surface area contributed by atoms with Crippen molar-refractivity contribution in [3.8, 4) is 0 Å². The normalized spacial score (nSPS) is 11.1. The molecule has 0 unspecified atom stereocenters. The molecular formula is C17H21ClN2O. The minimum atomic E-state index is 0.0125. The summed E-state index contributed by atoms with van der Waals surface area (Å²) >= 11 is 6.21. The van der Waals surface area contributed by atoms with Crippen molar-refractivity contribution in [3.63, 3.8) is 0 Å². The molecule has 1 aromatic carbocycles. The SMILES string of the molecule is CCC(CC)n1ccc(CC(=O)c2cccc(C)c2Cl)n1. The zero-order valence-corrected chi connectivity index (χ0v) is 13.5. The van der Waals surface area contributed by atoms with Crippen molar-refractivity contribution < 1.29 is 4.79 Å². The van der Waals surface area contributed by atoms with Gasteiger partial charge in [0.05, 0.1) is 23.2 Å². The van der Waals surface area contributed by atoms with Gasteiger partial charge >= 0.3 is 0 Å². The molecule has 0 aliphatic heterocycles. The topological polar surface area (TPSA) is 34.9 Å². The molecule has 1 heterocycles. The van der Waals surface area contributed by atoms with E-state index in [9.17, 15) is 4.79 Å². The van der Waals surface area contributed by atoms with E-state index >= 15 is 0 Å². The number of ketones is 1. The number of hydrogen-bond donors (Lipinski definition) is 0. The monoisotopic (exact) mass is 304 g/mol. The highest BCUT2D eigenvalue weighted by atomic mass is 35.5. The van der Waals surface area contributed by atoms with Gasteiger partial charge in [-0.3, -0.25) is 9.48 Å². The highest BCUT2D eigenvalue weighted by Gasteiger charge is 2.15. The maximum atomic E-state index is 12.4. The van der Waals surface area contributed by atoms with Crippen LogP contribution < -0.4 is 0 Å². The Kier molecular flexibility index (Phi) is 5.18. The molecule has 2 rings (SSSR count). The first kappa shape index (κ1) is 15.8. The van der Waals surface area contributed by atoms with Crippen LogP contribution in [0.4, 0.5) is 0 Å². The number of halogens is 1. The molecule has 0 aliphatic rings. The second-order valence-corrected chi connectivity index (χ2v) is 5.67. The summed E-state index contributed by atoms with van der Waals surface area (Å²) in [5.74, 6) is 0.0125. The first-order valence-corrected chi connectivity index (χ1v) is 7.76. The van der Waals surface area contributed by atoms with Crippen LogP contribution in [-0.2, 0) is 6.42 Å². The quantitative estimate of drug-likeness (QED) is 0.729. The van der Waals surface area contributed by atoms with Gasteiger partial charge in [0, 0.05) is 11.8 Å². The molecule has 0 bridgehead atoms. The van der Waals surface area contributed by atoms with Crippen molar-refractivity contribution in [3.05, 3.63) is 52.3 Å². The third-order valence-corrected chi connectivity index (χ3v) is 4.32. The maximum absolute atomic E-state index is 12.4. The first-order valence-electron chi connectivity index (χ1n) is 7.39. The molecule has 0 radical (unpaired) electrons. The van der Waals surface area contributed by atoms with Crippen LogP contribution in [0.15, 0.2) is 30.5 Å². The van der Waals surface area contributed by atoms with E-state index in [2.05, 4.69) is 18.9 Å². The van der Waals surface area contributed by atoms with Gasteiger partial charge in [-0.2, -0.15) is 5.10 Å². The van der Waals surface area contributed by atoms with Crippen LogP contribution >= 0.6 is 11.6 Å². The Labute approximate surface area is 130 Å². The van der Waals surface area contributed by atoms with Gasteiger partial charge in [-0.25, -0.2) is 0 Å². The molecule has 1 aromatic heterocycles. The molecule has 0 saturated heterocycles. The Morgan fingerprint density at radius 1 is 1.29 bits per heavy atom. The average molecular weight is 305 g/mol. The van der Waals surface area contributed by atoms with Crippen LogP contribution in [-0.4, -0.2) is 15.6 Å². The largest absolute Gasteiger partial charge is 0.294 e. The lowest BCUT2D eigenvalue weighted by molar-refractivity contribution is 0.0991. The van der Waals surface area contributed by atoms with E-state index in [4.69, 9.17) is 11.6 Å². The van der Waals surface area contributed by atoms with Crippen molar-refractivity contribution in [2.24, 2.45) is 0 Å². The molecule has 0 spiro atoms. The molecule has 2 aromatic rings. The lowest BCUT2D eigenvalue weighted by atomic mass is 10.0. The Morgan fingerprint density at radius 2 is 2.00 bits per heavy atom. The molecular weight excluding hydrogens is 284 g/mol. The number of aryl methyl sites for hydroxylation is 1. The first-order chi connectivity index (χ1) is 10.1. The standard InChI is InChI=1S/C17H21ClN2O/c1-4-14(5-2)20-10-9-13(19-20)11-16(21)15-8-6-7-12(3)17(15)18/h6-10,14H,4-5,11H2,1-3H3. The molecule has 0 N–H and O–H groups in total. The molecule has 0 amide bonds. The predicted molar refractivity (Wildman–Crippen MR) is 86.1 cm³/mol. The van der Waals surface area contributed by atoms with E-state index in [0.717, 1.165) is 24.1 Å². The zero-order chi connectivity index (χ0) is 15.4. The van der Waals surface area contributed by atoms with Crippen molar-refractivity contribution in [2.45, 2.75) is 46.1 Å². The second-order valence-electron chi connectivity index (χ2n) is 5.29. The Balaban J connectivity index is 2.15. The molecule has 112 valence electrons. The van der Waals surface area contributed by atoms with Crippen molar-refractivity contribution in [2.75, 3.05) is 0 Å². The number of benzene rings is 1. The van der Waals surface area contributed by atoms with Crippen molar-refractivity contribution in [1.82, 2.24) is 9.78 Å². The highest BCUT2D eigenvalue weighted by Crippen LogP contribution is 2.22. The Hall–Kier alpha value is -1.61. The van der Waals surface area contributed by atoms with E-state index in [1.54, 1.807) is 6.07 Å². The summed E-state index contributed by atoms with van der Waals surface area (Å²) in [4.78, 5) is 12.4. The zero-order valence-electron chi connectivity index (χ0n) is 12.8. The Bertz CT molecular complexity index is 629. The van der Waals surface area contributed by atoms with Crippen LogP contribution in [0.25, 0.3) is 0 Å². The van der Waals surface area contributed by atoms with E-state index < -0.39 is 0 Å². The number of rotatable bonds is 6. The van der Waals surface area contributed by atoms with Gasteiger partial charge in [0.15, 0.2) is 5.78 Å². The van der Waals surface area contributed by atoms with Crippen LogP contribution in [0.2, 0.25) is 5.02 Å². The molecule has 0 fully saturated rings. The van der Waals surface area contributed by atoms with Gasteiger partial charge in [0.2, 0.25) is 0 Å². The number of hydrogen-bond acceptors (Lipinski definition) is 2. The summed E-state index contributed by atoms with van der Waals surface area (Å²) in [5.41, 5.74) is 2.29. The summed E-state index contributed by atoms with van der Waals surface area (Å²) in [6.07, 6.45) is 4.32. The van der Waals surface area contributed by atoms with Crippen LogP contribution in [0.5, 0.6) is 0 Å². The van der Waals surface area contributed by atoms with Crippen LogP contribution in [0.3, 0.4) is 0 Å². The van der Waals surface area contributed by atoms with Gasteiger partial charge in [0.1, 0.15) is 0 Å². The minimum absolute atomic E-state index is 0.0125. The van der Waals surface area contributed by atoms with E-state index in [1.165, 1.54) is 0 Å². The lowest BCUT2D eigenvalue weighted by Gasteiger charge is -2.12. The summed E-state index contributed by atoms with van der Waals surface area (Å²) in [6, 6.07) is 7.85. The molecule has 21 heavy (non-hydrogen) atoms. The van der Waals surface area contributed by atoms with E-state index in [1.807, 2.05) is 36.0 Å². The highest BCUT2D eigenvalue weighted by molar-refractivity contribution is 6.34. The fraction of sp³-hybridized carbons (Fsp3) is 0.412. The third kappa shape index (κ3) is 3.53. The smallest absolute Gasteiger partial charge is 0.170 e. The van der Waals surface area contributed by atoms with E-state index in [-0.39, 0.29) is 12.2 Å². The van der Waals surface area contributed by atoms with Crippen molar-refractivity contribution in [1.29, 1.82) is 0 Å². The number of Topliss-reactive ketones (excluding diaryl/α,β-unsaturated/α-hetero) is 1. The van der Waals surface area contributed by atoms with Gasteiger partial charge in [-0.05, 0) is 37.5 Å². The summed E-state index contributed by atoms with van der Waals surface area (Å²) < 4.78 is 1.96. The minimum Gasteiger partial charge on any atom is -0.294 e. The summed E-state index contributed by atoms with van der Waals surface area (Å²) in [6.45, 7) is 6.20. The summed E-state index contributed by atoms with van der Waals surface area (Å²) in [7, 11) is 0. The van der Waals surface area contributed by atoms with E-state index in [0.29, 0.717) is 16.6 Å². The summed E-state index contributed by atoms with van der Waals surface area (Å²) in [5, 5.41) is 5.07. The average Bonchev–Trinajstić information content (AvgIpc) is 2.91. The van der Waals surface area contributed by atoms with Gasteiger partial charge in [0.25, 0.3) is 0 Å². The van der Waals surface area contributed by atoms with Crippen LogP contribution in [0, 0.1) is 6.92 Å². The number of carbonyl (C=O) groups excluding carboxylic acids is 1. The molecule has 4 heteroatoms. The number of nitrogens with zero attached hydrogens (tertiary/aromatic N) is 2. The van der Waals surface area contributed by atoms with Gasteiger partial charge < -0.3 is 0 Å². The fourth-order valence-corrected chi connectivity index (χ4v) is 2.69. The second kappa shape index (κ2) is 6.90. The fourth-order valence-electron chi connectivity index (χ4n) is 2.46. The van der Waals surface area contributed by atoms with Gasteiger partial charge in [-0.1, -0.05) is 37.6 Å². The lowest BCUT2D eigenvalue weighted by Crippen LogP contribution is -2.10. The molecule has 0 saturated carbocycles. The maximum Gasteiger partial charge on any atom is 0.170 e. The molecule has 0 atom stereocenters. The number of carbonyl (C=O) groups is 1. The Morgan fingerprint density at radius 3 is 2.67 bits per heavy atom. The van der Waals surface area contributed by atoms with Crippen LogP contribution in [0.1, 0.15) is 54.3 Å². The molecule has 3 nitrogen and oxygen atoms in total. The number of aromatic nitrogens is 2.